The molecule has 1 aliphatic rings. The average molecular weight is 453 g/mol. The largest absolute Gasteiger partial charge is 0.378 e. The fourth-order valence-electron chi connectivity index (χ4n) is 3.97. The fraction of sp³-hybridized carbons (Fsp3) is 0.400. The maximum absolute atomic E-state index is 12.8. The van der Waals surface area contributed by atoms with Gasteiger partial charge in [-0.25, -0.2) is 9.97 Å². The lowest BCUT2D eigenvalue weighted by Gasteiger charge is -2.30. The Hall–Kier alpha value is -2.70. The van der Waals surface area contributed by atoms with E-state index in [0.29, 0.717) is 56.0 Å². The summed E-state index contributed by atoms with van der Waals surface area (Å²) in [6.07, 6.45) is 0.437. The maximum atomic E-state index is 12.8. The molecule has 0 unspecified atom stereocenters. The molecule has 0 N–H and O–H groups in total. The third-order valence-corrected chi connectivity index (χ3v) is 5.75. The van der Waals surface area contributed by atoms with Gasteiger partial charge in [0.1, 0.15) is 5.82 Å². The standard InChI is InChI=1S/C25H29ClN4O2/c1-18(2)17-30(11-10-23(31)29-12-14-32-15-13-29)25-21-9-8-20(26)16-22(21)27-24(28-25)19-6-4-3-5-7-19/h3-9,16,18H,10-15,17H2,1-2H3. The first-order valence-corrected chi connectivity index (χ1v) is 11.5. The quantitative estimate of drug-likeness (QED) is 0.521. The van der Waals surface area contributed by atoms with Crippen LogP contribution >= 0.6 is 11.6 Å². The molecule has 0 bridgehead atoms. The minimum Gasteiger partial charge on any atom is -0.378 e. The van der Waals surface area contributed by atoms with E-state index in [9.17, 15) is 4.79 Å². The van der Waals surface area contributed by atoms with Gasteiger partial charge in [0.2, 0.25) is 5.91 Å². The number of morpholine rings is 1. The van der Waals surface area contributed by atoms with Gasteiger partial charge in [0, 0.05) is 48.6 Å². The third-order valence-electron chi connectivity index (χ3n) is 5.52. The van der Waals surface area contributed by atoms with Crippen LogP contribution in [0.4, 0.5) is 5.82 Å². The van der Waals surface area contributed by atoms with Gasteiger partial charge in [-0.15, -0.1) is 0 Å². The van der Waals surface area contributed by atoms with E-state index in [1.54, 1.807) is 0 Å². The number of aromatic nitrogens is 2. The molecule has 0 radical (unpaired) electrons. The molecule has 0 aliphatic carbocycles. The number of hydrogen-bond acceptors (Lipinski definition) is 5. The van der Waals surface area contributed by atoms with Crippen LogP contribution in [-0.2, 0) is 9.53 Å². The predicted molar refractivity (Wildman–Crippen MR) is 129 cm³/mol. The maximum Gasteiger partial charge on any atom is 0.224 e. The first kappa shape index (κ1) is 22.5. The van der Waals surface area contributed by atoms with Crippen molar-refractivity contribution >= 4 is 34.2 Å². The Balaban J connectivity index is 1.69. The van der Waals surface area contributed by atoms with Crippen molar-refractivity contribution in [3.8, 4) is 11.4 Å². The molecule has 0 atom stereocenters. The summed E-state index contributed by atoms with van der Waals surface area (Å²) in [7, 11) is 0. The molecule has 168 valence electrons. The van der Waals surface area contributed by atoms with Gasteiger partial charge in [-0.3, -0.25) is 4.79 Å². The Kier molecular flexibility index (Phi) is 7.22. The van der Waals surface area contributed by atoms with Crippen LogP contribution in [0.25, 0.3) is 22.3 Å². The molecule has 1 aromatic heterocycles. The second-order valence-electron chi connectivity index (χ2n) is 8.48. The number of benzene rings is 2. The van der Waals surface area contributed by atoms with Crippen molar-refractivity contribution in [3.63, 3.8) is 0 Å². The van der Waals surface area contributed by atoms with Gasteiger partial charge in [0.15, 0.2) is 5.82 Å². The van der Waals surface area contributed by atoms with Crippen molar-refractivity contribution < 1.29 is 9.53 Å². The number of hydrogen-bond donors (Lipinski definition) is 0. The van der Waals surface area contributed by atoms with E-state index >= 15 is 0 Å². The van der Waals surface area contributed by atoms with E-state index in [4.69, 9.17) is 26.3 Å². The third kappa shape index (κ3) is 5.37. The molecule has 0 saturated carbocycles. The van der Waals surface area contributed by atoms with Crippen LogP contribution in [0, 0.1) is 5.92 Å². The van der Waals surface area contributed by atoms with Gasteiger partial charge in [-0.2, -0.15) is 0 Å². The number of ether oxygens (including phenoxy) is 1. The molecule has 1 amide bonds. The summed E-state index contributed by atoms with van der Waals surface area (Å²) in [6, 6.07) is 15.7. The molecule has 3 aromatic rings. The molecule has 4 rings (SSSR count). The van der Waals surface area contributed by atoms with E-state index in [-0.39, 0.29) is 5.91 Å². The van der Waals surface area contributed by atoms with Crippen molar-refractivity contribution in [1.82, 2.24) is 14.9 Å². The van der Waals surface area contributed by atoms with E-state index in [0.717, 1.165) is 28.8 Å². The van der Waals surface area contributed by atoms with Gasteiger partial charge < -0.3 is 14.5 Å². The van der Waals surface area contributed by atoms with E-state index < -0.39 is 0 Å². The van der Waals surface area contributed by atoms with Crippen molar-refractivity contribution in [2.45, 2.75) is 20.3 Å². The predicted octanol–water partition coefficient (Wildman–Crippen LogP) is 4.66. The van der Waals surface area contributed by atoms with Crippen molar-refractivity contribution in [1.29, 1.82) is 0 Å². The van der Waals surface area contributed by atoms with Crippen LogP contribution in [-0.4, -0.2) is 60.2 Å². The van der Waals surface area contributed by atoms with Gasteiger partial charge in [0.05, 0.1) is 18.7 Å². The molecule has 2 aromatic carbocycles. The van der Waals surface area contributed by atoms with E-state index in [2.05, 4.69) is 18.7 Å². The highest BCUT2D eigenvalue weighted by molar-refractivity contribution is 6.31. The molecular weight excluding hydrogens is 424 g/mol. The zero-order chi connectivity index (χ0) is 22.5. The highest BCUT2D eigenvalue weighted by Gasteiger charge is 2.21. The van der Waals surface area contributed by atoms with Crippen LogP contribution in [0.2, 0.25) is 5.02 Å². The number of fused-ring (bicyclic) bond motifs is 1. The zero-order valence-corrected chi connectivity index (χ0v) is 19.4. The van der Waals surface area contributed by atoms with Crippen molar-refractivity contribution in [2.24, 2.45) is 5.92 Å². The van der Waals surface area contributed by atoms with Crippen LogP contribution < -0.4 is 4.90 Å². The second-order valence-corrected chi connectivity index (χ2v) is 8.92. The number of rotatable bonds is 7. The number of nitrogens with zero attached hydrogens (tertiary/aromatic N) is 4. The molecule has 2 heterocycles. The SMILES string of the molecule is CC(C)CN(CCC(=O)N1CCOCC1)c1nc(-c2ccccc2)nc2cc(Cl)ccc12. The second kappa shape index (κ2) is 10.3. The fourth-order valence-corrected chi connectivity index (χ4v) is 4.14. The Morgan fingerprint density at radius 1 is 1.12 bits per heavy atom. The summed E-state index contributed by atoms with van der Waals surface area (Å²) in [5.74, 6) is 2.07. The normalized spacial score (nSPS) is 14.2. The summed E-state index contributed by atoms with van der Waals surface area (Å²) in [6.45, 7) is 8.28. The minimum absolute atomic E-state index is 0.159. The van der Waals surface area contributed by atoms with Gasteiger partial charge in [-0.1, -0.05) is 55.8 Å². The summed E-state index contributed by atoms with van der Waals surface area (Å²) in [4.78, 5) is 26.7. The number of anilines is 1. The minimum atomic E-state index is 0.159. The summed E-state index contributed by atoms with van der Waals surface area (Å²) >= 11 is 6.29. The highest BCUT2D eigenvalue weighted by atomic mass is 35.5. The summed E-state index contributed by atoms with van der Waals surface area (Å²) in [5.41, 5.74) is 1.75. The first-order chi connectivity index (χ1) is 15.5. The molecule has 0 spiro atoms. The molecule has 32 heavy (non-hydrogen) atoms. The Bertz CT molecular complexity index is 1070. The van der Waals surface area contributed by atoms with Gasteiger partial charge in [-0.05, 0) is 24.1 Å². The van der Waals surface area contributed by atoms with E-state index in [1.807, 2.05) is 53.4 Å². The smallest absolute Gasteiger partial charge is 0.224 e. The van der Waals surface area contributed by atoms with Crippen LogP contribution in [0.15, 0.2) is 48.5 Å². The highest BCUT2D eigenvalue weighted by Crippen LogP contribution is 2.30. The summed E-state index contributed by atoms with van der Waals surface area (Å²) in [5, 5.41) is 1.58. The molecule has 1 saturated heterocycles. The Labute approximate surface area is 194 Å². The first-order valence-electron chi connectivity index (χ1n) is 11.1. The van der Waals surface area contributed by atoms with Gasteiger partial charge >= 0.3 is 0 Å². The lowest BCUT2D eigenvalue weighted by atomic mass is 10.1. The molecule has 7 heteroatoms. The van der Waals surface area contributed by atoms with Crippen LogP contribution in [0.5, 0.6) is 0 Å². The van der Waals surface area contributed by atoms with Crippen molar-refractivity contribution in [3.05, 3.63) is 53.6 Å². The van der Waals surface area contributed by atoms with Crippen molar-refractivity contribution in [2.75, 3.05) is 44.3 Å². The molecule has 1 aliphatic heterocycles. The monoisotopic (exact) mass is 452 g/mol. The number of carbonyl (C=O) groups is 1. The lowest BCUT2D eigenvalue weighted by Crippen LogP contribution is -2.42. The Morgan fingerprint density at radius 3 is 2.59 bits per heavy atom. The average Bonchev–Trinajstić information content (AvgIpc) is 2.81. The molecule has 1 fully saturated rings. The Morgan fingerprint density at radius 2 is 1.88 bits per heavy atom. The number of carbonyl (C=O) groups excluding carboxylic acids is 1. The number of amides is 1. The number of halogens is 1. The molecular formula is C25H29ClN4O2. The van der Waals surface area contributed by atoms with Crippen LogP contribution in [0.1, 0.15) is 20.3 Å². The topological polar surface area (TPSA) is 58.6 Å². The summed E-state index contributed by atoms with van der Waals surface area (Å²) < 4.78 is 5.38. The van der Waals surface area contributed by atoms with Crippen LogP contribution in [0.3, 0.4) is 0 Å². The van der Waals surface area contributed by atoms with E-state index in [1.165, 1.54) is 0 Å². The zero-order valence-electron chi connectivity index (χ0n) is 18.6. The lowest BCUT2D eigenvalue weighted by molar-refractivity contribution is -0.135. The van der Waals surface area contributed by atoms with Gasteiger partial charge in [0.25, 0.3) is 0 Å². The molecule has 6 nitrogen and oxygen atoms in total.